The molecule has 0 N–H and O–H groups in total. The zero-order chi connectivity index (χ0) is 25.4. The van der Waals surface area contributed by atoms with Crippen LogP contribution in [-0.4, -0.2) is 78.9 Å². The van der Waals surface area contributed by atoms with E-state index in [0.717, 1.165) is 54.6 Å². The van der Waals surface area contributed by atoms with Crippen molar-refractivity contribution in [2.75, 3.05) is 26.2 Å². The summed E-state index contributed by atoms with van der Waals surface area (Å²) in [5.74, 6) is 0.745. The average molecular weight is 572 g/mol. The molecular formula is C27H30Cl2FN8O+. The zero-order valence-corrected chi connectivity index (χ0v) is 23.1. The Hall–Kier alpha value is -3.47. The van der Waals surface area contributed by atoms with Crippen LogP contribution in [0.5, 0.6) is 0 Å². The van der Waals surface area contributed by atoms with E-state index in [0.29, 0.717) is 24.8 Å². The first-order chi connectivity index (χ1) is 18.1. The van der Waals surface area contributed by atoms with E-state index in [4.69, 9.17) is 0 Å². The van der Waals surface area contributed by atoms with Crippen molar-refractivity contribution in [1.82, 2.24) is 29.7 Å². The number of tetrazole rings is 1. The monoisotopic (exact) mass is 571 g/mol. The number of hydrogen-bond acceptors (Lipinski definition) is 5. The van der Waals surface area contributed by atoms with Gasteiger partial charge in [-0.05, 0) is 97.0 Å². The lowest BCUT2D eigenvalue weighted by molar-refractivity contribution is -0.417. The quantitative estimate of drug-likeness (QED) is 0.299. The number of hydrogen-bond donors (Lipinski definition) is 0. The molecule has 1 saturated heterocycles. The predicted molar refractivity (Wildman–Crippen MR) is 154 cm³/mol. The van der Waals surface area contributed by atoms with Crippen LogP contribution in [0.25, 0.3) is 28.0 Å². The minimum atomic E-state index is -0.250. The van der Waals surface area contributed by atoms with Gasteiger partial charge in [-0.2, -0.15) is 14.2 Å². The van der Waals surface area contributed by atoms with Crippen LogP contribution < -0.4 is 0 Å². The highest BCUT2D eigenvalue weighted by atomic mass is 35.5. The number of amides is 2. The maximum Gasteiger partial charge on any atom is 0.539 e. The molecule has 204 valence electrons. The molecule has 39 heavy (non-hydrogen) atoms. The summed E-state index contributed by atoms with van der Waals surface area (Å²) in [5.41, 5.74) is 4.20. The van der Waals surface area contributed by atoms with Crippen LogP contribution in [0.15, 0.2) is 53.7 Å². The Kier molecular flexibility index (Phi) is 8.89. The molecule has 6 rings (SSSR count). The van der Waals surface area contributed by atoms with Gasteiger partial charge in [0.15, 0.2) is 6.21 Å². The second-order valence-corrected chi connectivity index (χ2v) is 9.48. The SMILES string of the molecule is CCn1nnc(-c2ccc3c(c2)c(C2CCN(CC[N+]4=CC=NC4=O)CC2)cn3-c2ccc(F)cc2)n1.Cl.Cl. The molecule has 2 aliphatic heterocycles. The molecule has 0 radical (unpaired) electrons. The average Bonchev–Trinajstić information content (AvgIpc) is 3.66. The first-order valence-electron chi connectivity index (χ1n) is 12.7. The van der Waals surface area contributed by atoms with Gasteiger partial charge < -0.3 is 4.57 Å². The number of rotatable bonds is 7. The van der Waals surface area contributed by atoms with Crippen molar-refractivity contribution < 1.29 is 13.8 Å². The van der Waals surface area contributed by atoms with E-state index < -0.39 is 0 Å². The smallest absolute Gasteiger partial charge is 0.316 e. The number of piperidine rings is 1. The summed E-state index contributed by atoms with van der Waals surface area (Å²) in [5, 5.41) is 14.0. The molecule has 0 saturated carbocycles. The molecule has 0 aliphatic carbocycles. The number of urea groups is 1. The molecule has 2 aliphatic rings. The topological polar surface area (TPSA) is 84.2 Å². The zero-order valence-electron chi connectivity index (χ0n) is 21.5. The van der Waals surface area contributed by atoms with Gasteiger partial charge in [0, 0.05) is 29.4 Å². The Labute approximate surface area is 237 Å². The summed E-state index contributed by atoms with van der Waals surface area (Å²) in [6.07, 6.45) is 7.53. The van der Waals surface area contributed by atoms with E-state index in [9.17, 15) is 9.18 Å². The molecule has 4 aromatic rings. The molecule has 2 aromatic heterocycles. The lowest BCUT2D eigenvalue weighted by atomic mass is 9.89. The van der Waals surface area contributed by atoms with E-state index in [-0.39, 0.29) is 36.7 Å². The Bertz CT molecular complexity index is 1520. The van der Waals surface area contributed by atoms with Crippen LogP contribution in [0.1, 0.15) is 31.2 Å². The van der Waals surface area contributed by atoms with E-state index in [2.05, 4.69) is 48.2 Å². The minimum absolute atomic E-state index is 0. The van der Waals surface area contributed by atoms with Crippen LogP contribution in [0.3, 0.4) is 0 Å². The molecule has 4 heterocycles. The maximum absolute atomic E-state index is 13.6. The Morgan fingerprint density at radius 3 is 2.51 bits per heavy atom. The van der Waals surface area contributed by atoms with Gasteiger partial charge >= 0.3 is 6.03 Å². The van der Waals surface area contributed by atoms with Gasteiger partial charge in [0.05, 0.1) is 12.1 Å². The van der Waals surface area contributed by atoms with Crippen molar-refractivity contribution in [3.63, 3.8) is 0 Å². The minimum Gasteiger partial charge on any atom is -0.316 e. The number of aliphatic imine (C=N–C) groups is 1. The number of carbonyl (C=O) groups excluding carboxylic acids is 1. The van der Waals surface area contributed by atoms with Crippen LogP contribution >= 0.6 is 24.8 Å². The summed E-state index contributed by atoms with van der Waals surface area (Å²) in [6, 6.07) is 12.7. The fraction of sp³-hybridized carbons (Fsp3) is 0.333. The number of halogens is 3. The van der Waals surface area contributed by atoms with Gasteiger partial charge in [0.1, 0.15) is 18.6 Å². The second-order valence-electron chi connectivity index (χ2n) is 9.48. The highest BCUT2D eigenvalue weighted by Crippen LogP contribution is 2.37. The van der Waals surface area contributed by atoms with Gasteiger partial charge in [-0.3, -0.25) is 4.90 Å². The molecule has 9 nitrogen and oxygen atoms in total. The summed E-state index contributed by atoms with van der Waals surface area (Å²) in [6.45, 7) is 6.06. The molecule has 2 amide bonds. The van der Waals surface area contributed by atoms with Crippen LogP contribution in [-0.2, 0) is 6.54 Å². The third-order valence-electron chi connectivity index (χ3n) is 7.30. The molecule has 0 bridgehead atoms. The second kappa shape index (κ2) is 12.1. The van der Waals surface area contributed by atoms with Gasteiger partial charge in [0.2, 0.25) is 5.82 Å². The van der Waals surface area contributed by atoms with E-state index in [1.165, 1.54) is 17.7 Å². The van der Waals surface area contributed by atoms with Gasteiger partial charge in [0.25, 0.3) is 0 Å². The lowest BCUT2D eigenvalue weighted by Gasteiger charge is -2.31. The number of aryl methyl sites for hydroxylation is 1. The first-order valence-corrected chi connectivity index (χ1v) is 12.7. The highest BCUT2D eigenvalue weighted by Gasteiger charge is 2.26. The van der Waals surface area contributed by atoms with Crippen molar-refractivity contribution in [1.29, 1.82) is 0 Å². The molecule has 0 unspecified atom stereocenters. The largest absolute Gasteiger partial charge is 0.539 e. The standard InChI is InChI=1S/C27H28FN8O.2ClH/c1-2-36-31-26(30-32-36)20-3-8-25-23(17-20)24(18-35(25)22-6-4-21(28)5-7-22)19-9-12-33(13-10-19)15-16-34-14-11-29-27(34)37;;/h3-8,11,14,17-19H,2,9-10,12-13,15-16H2,1H3;2*1H/q+1;;. The van der Waals surface area contributed by atoms with Crippen LogP contribution in [0.4, 0.5) is 9.18 Å². The lowest BCUT2D eigenvalue weighted by Crippen LogP contribution is -2.37. The fourth-order valence-corrected chi connectivity index (χ4v) is 5.23. The number of fused-ring (bicyclic) bond motifs is 1. The van der Waals surface area contributed by atoms with Gasteiger partial charge in [-0.15, -0.1) is 35.0 Å². The molecule has 0 atom stereocenters. The predicted octanol–water partition coefficient (Wildman–Crippen LogP) is 4.75. The normalized spacial score (nSPS) is 15.8. The maximum atomic E-state index is 13.6. The number of nitrogens with zero attached hydrogens (tertiary/aromatic N) is 8. The molecule has 0 spiro atoms. The molecule has 12 heteroatoms. The summed E-state index contributed by atoms with van der Waals surface area (Å²) >= 11 is 0. The molecular weight excluding hydrogens is 542 g/mol. The van der Waals surface area contributed by atoms with Crippen molar-refractivity contribution >= 4 is 54.2 Å². The van der Waals surface area contributed by atoms with Crippen molar-refractivity contribution in [2.45, 2.75) is 32.2 Å². The third kappa shape index (κ3) is 5.78. The summed E-state index contributed by atoms with van der Waals surface area (Å²) in [7, 11) is 0. The Balaban J connectivity index is 0.00000176. The highest BCUT2D eigenvalue weighted by molar-refractivity contribution is 6.20. The number of carbonyl (C=O) groups is 1. The van der Waals surface area contributed by atoms with Gasteiger partial charge in [-0.1, -0.05) is 0 Å². The third-order valence-corrected chi connectivity index (χ3v) is 7.30. The number of likely N-dealkylation sites (tertiary alicyclic amines) is 1. The van der Waals surface area contributed by atoms with Gasteiger partial charge in [-0.25, -0.2) is 4.39 Å². The van der Waals surface area contributed by atoms with Crippen LogP contribution in [0.2, 0.25) is 0 Å². The molecule has 2 aromatic carbocycles. The fourth-order valence-electron chi connectivity index (χ4n) is 5.23. The first kappa shape index (κ1) is 28.5. The van der Waals surface area contributed by atoms with Crippen molar-refractivity contribution in [2.24, 2.45) is 4.99 Å². The Morgan fingerprint density at radius 2 is 1.85 bits per heavy atom. The Morgan fingerprint density at radius 1 is 1.08 bits per heavy atom. The van der Waals surface area contributed by atoms with E-state index >= 15 is 0 Å². The van der Waals surface area contributed by atoms with Crippen molar-refractivity contribution in [3.05, 3.63) is 60.0 Å². The van der Waals surface area contributed by atoms with E-state index in [1.807, 2.05) is 25.1 Å². The number of aromatic nitrogens is 5. The van der Waals surface area contributed by atoms with Crippen molar-refractivity contribution in [3.8, 4) is 17.1 Å². The summed E-state index contributed by atoms with van der Waals surface area (Å²) < 4.78 is 17.4. The van der Waals surface area contributed by atoms with Crippen LogP contribution in [0, 0.1) is 5.82 Å². The molecule has 1 fully saturated rings. The van der Waals surface area contributed by atoms with E-state index in [1.54, 1.807) is 21.8 Å². The summed E-state index contributed by atoms with van der Waals surface area (Å²) in [4.78, 5) is 19.5. The number of benzene rings is 2.